The lowest BCUT2D eigenvalue weighted by Crippen LogP contribution is -2.38. The first-order chi connectivity index (χ1) is 8.60. The van der Waals surface area contributed by atoms with E-state index >= 15 is 0 Å². The van der Waals surface area contributed by atoms with E-state index in [1.807, 2.05) is 18.2 Å². The van der Waals surface area contributed by atoms with Crippen LogP contribution >= 0.6 is 11.6 Å². The minimum atomic E-state index is -0.726. The maximum absolute atomic E-state index is 11.7. The van der Waals surface area contributed by atoms with Gasteiger partial charge in [-0.2, -0.15) is 0 Å². The van der Waals surface area contributed by atoms with Gasteiger partial charge >= 0.3 is 5.97 Å². The first kappa shape index (κ1) is 13.4. The molecule has 1 aromatic carbocycles. The molecule has 3 N–H and O–H groups in total. The van der Waals surface area contributed by atoms with Crippen LogP contribution in [0.3, 0.4) is 0 Å². The maximum Gasteiger partial charge on any atom is 0.310 e. The predicted octanol–water partition coefficient (Wildman–Crippen LogP) is 3.03. The number of carbonyl (C=O) groups is 1. The van der Waals surface area contributed by atoms with Crippen LogP contribution in [-0.4, -0.2) is 17.6 Å². The number of rotatable bonds is 4. The lowest BCUT2D eigenvalue weighted by Gasteiger charge is -2.33. The second-order valence-electron chi connectivity index (χ2n) is 5.01. The van der Waals surface area contributed by atoms with Crippen LogP contribution in [0.25, 0.3) is 0 Å². The van der Waals surface area contributed by atoms with E-state index in [0.717, 1.165) is 18.4 Å². The van der Waals surface area contributed by atoms with Crippen LogP contribution in [0, 0.1) is 5.41 Å². The summed E-state index contributed by atoms with van der Waals surface area (Å²) in [4.78, 5) is 11.7. The SMILES string of the molecule is NC[C@H](c1cccc(Cl)c1)C1(C(=O)O)CCCC1. The molecule has 1 aliphatic rings. The number of carboxylic acids is 1. The summed E-state index contributed by atoms with van der Waals surface area (Å²) in [5.41, 5.74) is 6.08. The molecule has 1 aliphatic carbocycles. The third-order valence-electron chi connectivity index (χ3n) is 4.08. The molecule has 98 valence electrons. The van der Waals surface area contributed by atoms with Crippen molar-refractivity contribution in [3.05, 3.63) is 34.9 Å². The van der Waals surface area contributed by atoms with Gasteiger partial charge in [0, 0.05) is 17.5 Å². The molecule has 2 rings (SSSR count). The Labute approximate surface area is 112 Å². The molecule has 0 spiro atoms. The number of hydrogen-bond donors (Lipinski definition) is 2. The van der Waals surface area contributed by atoms with Crippen molar-refractivity contribution in [2.24, 2.45) is 11.1 Å². The smallest absolute Gasteiger partial charge is 0.310 e. The molecule has 1 atom stereocenters. The number of hydrogen-bond acceptors (Lipinski definition) is 2. The van der Waals surface area contributed by atoms with E-state index < -0.39 is 11.4 Å². The van der Waals surface area contributed by atoms with E-state index in [1.165, 1.54) is 0 Å². The van der Waals surface area contributed by atoms with Crippen LogP contribution in [-0.2, 0) is 4.79 Å². The number of aliphatic carboxylic acids is 1. The highest BCUT2D eigenvalue weighted by Gasteiger charge is 2.47. The van der Waals surface area contributed by atoms with E-state index in [4.69, 9.17) is 17.3 Å². The molecule has 4 heteroatoms. The molecule has 0 bridgehead atoms. The Morgan fingerprint density at radius 3 is 2.61 bits per heavy atom. The van der Waals surface area contributed by atoms with Gasteiger partial charge in [-0.25, -0.2) is 0 Å². The Morgan fingerprint density at radius 2 is 2.11 bits per heavy atom. The van der Waals surface area contributed by atoms with Crippen molar-refractivity contribution in [2.75, 3.05) is 6.54 Å². The highest BCUT2D eigenvalue weighted by Crippen LogP contribution is 2.48. The Balaban J connectivity index is 2.40. The van der Waals surface area contributed by atoms with Gasteiger partial charge in [-0.15, -0.1) is 0 Å². The molecule has 18 heavy (non-hydrogen) atoms. The molecular formula is C14H18ClNO2. The van der Waals surface area contributed by atoms with Crippen molar-refractivity contribution in [1.82, 2.24) is 0 Å². The monoisotopic (exact) mass is 267 g/mol. The average Bonchev–Trinajstić information content (AvgIpc) is 2.81. The van der Waals surface area contributed by atoms with E-state index in [0.29, 0.717) is 24.4 Å². The predicted molar refractivity (Wildman–Crippen MR) is 71.8 cm³/mol. The van der Waals surface area contributed by atoms with Crippen LogP contribution in [0.2, 0.25) is 5.02 Å². The zero-order valence-electron chi connectivity index (χ0n) is 10.2. The summed E-state index contributed by atoms with van der Waals surface area (Å²) in [6, 6.07) is 7.40. The zero-order chi connectivity index (χ0) is 13.2. The Bertz CT molecular complexity index is 441. The van der Waals surface area contributed by atoms with Crippen molar-refractivity contribution in [1.29, 1.82) is 0 Å². The largest absolute Gasteiger partial charge is 0.481 e. The normalized spacial score (nSPS) is 19.7. The molecule has 1 saturated carbocycles. The maximum atomic E-state index is 11.7. The summed E-state index contributed by atoms with van der Waals surface area (Å²) in [5.74, 6) is -0.883. The van der Waals surface area contributed by atoms with E-state index in [1.54, 1.807) is 6.07 Å². The average molecular weight is 268 g/mol. The number of nitrogens with two attached hydrogens (primary N) is 1. The van der Waals surface area contributed by atoms with Gasteiger partial charge in [-0.3, -0.25) is 4.79 Å². The molecule has 0 aromatic heterocycles. The Morgan fingerprint density at radius 1 is 1.44 bits per heavy atom. The molecule has 0 heterocycles. The van der Waals surface area contributed by atoms with Gasteiger partial charge in [-0.05, 0) is 30.5 Å². The Hall–Kier alpha value is -1.06. The third kappa shape index (κ3) is 2.25. The first-order valence-corrected chi connectivity index (χ1v) is 6.67. The fourth-order valence-electron chi connectivity index (χ4n) is 3.12. The van der Waals surface area contributed by atoms with Crippen molar-refractivity contribution < 1.29 is 9.90 Å². The summed E-state index contributed by atoms with van der Waals surface area (Å²) < 4.78 is 0. The first-order valence-electron chi connectivity index (χ1n) is 6.29. The van der Waals surface area contributed by atoms with Crippen LogP contribution < -0.4 is 5.73 Å². The van der Waals surface area contributed by atoms with Crippen LogP contribution in [0.4, 0.5) is 0 Å². The van der Waals surface area contributed by atoms with Gasteiger partial charge in [-0.1, -0.05) is 36.6 Å². The molecule has 0 radical (unpaired) electrons. The lowest BCUT2D eigenvalue weighted by atomic mass is 9.70. The lowest BCUT2D eigenvalue weighted by molar-refractivity contribution is -0.150. The van der Waals surface area contributed by atoms with Crippen LogP contribution in [0.5, 0.6) is 0 Å². The van der Waals surface area contributed by atoms with Crippen molar-refractivity contribution in [3.63, 3.8) is 0 Å². The second-order valence-corrected chi connectivity index (χ2v) is 5.45. The highest BCUT2D eigenvalue weighted by atomic mass is 35.5. The van der Waals surface area contributed by atoms with Gasteiger partial charge in [0.1, 0.15) is 0 Å². The molecule has 0 aliphatic heterocycles. The summed E-state index contributed by atoms with van der Waals surface area (Å²) in [5, 5.41) is 10.2. The van der Waals surface area contributed by atoms with Crippen molar-refractivity contribution in [3.8, 4) is 0 Å². The van der Waals surface area contributed by atoms with E-state index in [-0.39, 0.29) is 5.92 Å². The van der Waals surface area contributed by atoms with Gasteiger partial charge in [0.25, 0.3) is 0 Å². The topological polar surface area (TPSA) is 63.3 Å². The van der Waals surface area contributed by atoms with Gasteiger partial charge < -0.3 is 10.8 Å². The fourth-order valence-corrected chi connectivity index (χ4v) is 3.32. The van der Waals surface area contributed by atoms with Gasteiger partial charge in [0.05, 0.1) is 5.41 Å². The molecule has 0 saturated heterocycles. The standard InChI is InChI=1S/C14H18ClNO2/c15-11-5-3-4-10(8-11)12(9-16)14(13(17)18)6-1-2-7-14/h3-5,8,12H,1-2,6-7,9,16H2,(H,17,18)/t12-/m1/s1. The van der Waals surface area contributed by atoms with Gasteiger partial charge in [0.2, 0.25) is 0 Å². The van der Waals surface area contributed by atoms with Crippen molar-refractivity contribution >= 4 is 17.6 Å². The number of halogens is 1. The van der Waals surface area contributed by atoms with E-state index in [2.05, 4.69) is 0 Å². The molecule has 0 unspecified atom stereocenters. The Kier molecular flexibility index (Phi) is 3.93. The molecular weight excluding hydrogens is 250 g/mol. The minimum Gasteiger partial charge on any atom is -0.481 e. The van der Waals surface area contributed by atoms with Gasteiger partial charge in [0.15, 0.2) is 0 Å². The van der Waals surface area contributed by atoms with Crippen molar-refractivity contribution in [2.45, 2.75) is 31.6 Å². The molecule has 3 nitrogen and oxygen atoms in total. The zero-order valence-corrected chi connectivity index (χ0v) is 11.0. The summed E-state index contributed by atoms with van der Waals surface area (Å²) in [6.07, 6.45) is 3.33. The molecule has 0 amide bonds. The fraction of sp³-hybridized carbons (Fsp3) is 0.500. The quantitative estimate of drug-likeness (QED) is 0.881. The number of carboxylic acid groups (broad SMARTS) is 1. The summed E-state index contributed by atoms with van der Waals surface area (Å²) in [6.45, 7) is 0.340. The highest BCUT2D eigenvalue weighted by molar-refractivity contribution is 6.30. The third-order valence-corrected chi connectivity index (χ3v) is 4.31. The second kappa shape index (κ2) is 5.29. The summed E-state index contributed by atoms with van der Waals surface area (Å²) >= 11 is 5.99. The van der Waals surface area contributed by atoms with Crippen LogP contribution in [0.1, 0.15) is 37.2 Å². The molecule has 1 fully saturated rings. The van der Waals surface area contributed by atoms with Crippen LogP contribution in [0.15, 0.2) is 24.3 Å². The number of benzene rings is 1. The van der Waals surface area contributed by atoms with E-state index in [9.17, 15) is 9.90 Å². The minimum absolute atomic E-state index is 0.156. The molecule has 1 aromatic rings. The summed E-state index contributed by atoms with van der Waals surface area (Å²) in [7, 11) is 0.